The fourth-order valence-corrected chi connectivity index (χ4v) is 4.43. The van der Waals surface area contributed by atoms with Crippen molar-refractivity contribution in [3.05, 3.63) is 29.3 Å². The molecule has 1 aromatic carbocycles. The summed E-state index contributed by atoms with van der Waals surface area (Å²) in [5, 5.41) is 0. The Morgan fingerprint density at radius 1 is 1.38 bits per heavy atom. The normalized spacial score (nSPS) is 13.6. The van der Waals surface area contributed by atoms with Crippen LogP contribution in [0.5, 0.6) is 0 Å². The monoisotopic (exact) mass is 330 g/mol. The number of sulfonamides is 1. The SMILES string of the molecule is CCc1ccc(CN)cc1S(=O)(=O)N(C)C(C)CCSC. The van der Waals surface area contributed by atoms with Gasteiger partial charge in [0.25, 0.3) is 0 Å². The number of thioether (sulfide) groups is 1. The van der Waals surface area contributed by atoms with Gasteiger partial charge in [0.2, 0.25) is 10.0 Å². The third kappa shape index (κ3) is 4.45. The lowest BCUT2D eigenvalue weighted by molar-refractivity contribution is 0.382. The van der Waals surface area contributed by atoms with Gasteiger partial charge in [0.15, 0.2) is 0 Å². The first-order valence-electron chi connectivity index (χ1n) is 7.17. The van der Waals surface area contributed by atoms with Crippen LogP contribution in [-0.4, -0.2) is 37.8 Å². The Balaban J connectivity index is 3.17. The molecule has 1 rings (SSSR count). The van der Waals surface area contributed by atoms with Crippen molar-refractivity contribution < 1.29 is 8.42 Å². The molecule has 2 N–H and O–H groups in total. The molecule has 1 atom stereocenters. The summed E-state index contributed by atoms with van der Waals surface area (Å²) in [4.78, 5) is 0.395. The number of nitrogens with two attached hydrogens (primary N) is 1. The maximum Gasteiger partial charge on any atom is 0.243 e. The van der Waals surface area contributed by atoms with Crippen LogP contribution in [0.25, 0.3) is 0 Å². The molecule has 1 unspecified atom stereocenters. The molecular weight excluding hydrogens is 304 g/mol. The average Bonchev–Trinajstić information content (AvgIpc) is 2.50. The molecule has 0 aromatic heterocycles. The van der Waals surface area contributed by atoms with E-state index in [2.05, 4.69) is 0 Å². The molecule has 120 valence electrons. The quantitative estimate of drug-likeness (QED) is 0.795. The van der Waals surface area contributed by atoms with E-state index in [-0.39, 0.29) is 6.04 Å². The molecule has 1 aromatic rings. The first-order valence-corrected chi connectivity index (χ1v) is 10.0. The molecule has 0 heterocycles. The number of aryl methyl sites for hydroxylation is 1. The largest absolute Gasteiger partial charge is 0.326 e. The van der Waals surface area contributed by atoms with Crippen molar-refractivity contribution in [3.63, 3.8) is 0 Å². The smallest absolute Gasteiger partial charge is 0.243 e. The number of rotatable bonds is 8. The van der Waals surface area contributed by atoms with Crippen LogP contribution in [0.3, 0.4) is 0 Å². The Labute approximate surface area is 133 Å². The lowest BCUT2D eigenvalue weighted by Crippen LogP contribution is -2.36. The van der Waals surface area contributed by atoms with Crippen LogP contribution < -0.4 is 5.73 Å². The fourth-order valence-electron chi connectivity index (χ4n) is 2.12. The molecule has 0 aliphatic rings. The van der Waals surface area contributed by atoms with Crippen LogP contribution >= 0.6 is 11.8 Å². The van der Waals surface area contributed by atoms with Crippen LogP contribution in [0.15, 0.2) is 23.1 Å². The summed E-state index contributed by atoms with van der Waals surface area (Å²) in [5.41, 5.74) is 7.33. The van der Waals surface area contributed by atoms with Crippen molar-refractivity contribution >= 4 is 21.8 Å². The van der Waals surface area contributed by atoms with E-state index in [0.29, 0.717) is 17.9 Å². The molecule has 0 aliphatic carbocycles. The zero-order valence-corrected chi connectivity index (χ0v) is 14.9. The highest BCUT2D eigenvalue weighted by Crippen LogP contribution is 2.24. The topological polar surface area (TPSA) is 63.4 Å². The molecule has 0 radical (unpaired) electrons. The molecule has 0 aliphatic heterocycles. The van der Waals surface area contributed by atoms with Crippen molar-refractivity contribution in [1.82, 2.24) is 4.31 Å². The van der Waals surface area contributed by atoms with E-state index in [1.165, 1.54) is 4.31 Å². The molecule has 4 nitrogen and oxygen atoms in total. The molecule has 0 bridgehead atoms. The number of hydrogen-bond donors (Lipinski definition) is 1. The van der Waals surface area contributed by atoms with Crippen molar-refractivity contribution in [2.45, 2.75) is 44.2 Å². The van der Waals surface area contributed by atoms with Crippen LogP contribution in [0.2, 0.25) is 0 Å². The molecule has 0 saturated heterocycles. The van der Waals surface area contributed by atoms with E-state index < -0.39 is 10.0 Å². The fraction of sp³-hybridized carbons (Fsp3) is 0.600. The maximum absolute atomic E-state index is 12.9. The van der Waals surface area contributed by atoms with Gasteiger partial charge in [-0.15, -0.1) is 0 Å². The van der Waals surface area contributed by atoms with Gasteiger partial charge in [0.05, 0.1) is 4.90 Å². The third-order valence-corrected chi connectivity index (χ3v) is 6.46. The summed E-state index contributed by atoms with van der Waals surface area (Å²) in [7, 11) is -1.81. The highest BCUT2D eigenvalue weighted by atomic mass is 32.2. The first-order chi connectivity index (χ1) is 9.88. The summed E-state index contributed by atoms with van der Waals surface area (Å²) >= 11 is 1.73. The van der Waals surface area contributed by atoms with E-state index in [9.17, 15) is 8.42 Å². The highest BCUT2D eigenvalue weighted by Gasteiger charge is 2.27. The van der Waals surface area contributed by atoms with E-state index in [0.717, 1.165) is 23.3 Å². The zero-order chi connectivity index (χ0) is 16.0. The summed E-state index contributed by atoms with van der Waals surface area (Å²) < 4.78 is 27.2. The first kappa shape index (κ1) is 18.5. The van der Waals surface area contributed by atoms with Gasteiger partial charge in [-0.25, -0.2) is 8.42 Å². The Kier molecular flexibility index (Phi) is 7.20. The Bertz CT molecular complexity index is 559. The van der Waals surface area contributed by atoms with E-state index >= 15 is 0 Å². The Hall–Kier alpha value is -0.560. The molecule has 6 heteroatoms. The predicted octanol–water partition coefficient (Wildman–Crippen LogP) is 2.47. The summed E-state index contributed by atoms with van der Waals surface area (Å²) in [6.07, 6.45) is 3.56. The summed E-state index contributed by atoms with van der Waals surface area (Å²) in [6, 6.07) is 5.46. The molecule has 0 saturated carbocycles. The number of nitrogens with zero attached hydrogens (tertiary/aromatic N) is 1. The van der Waals surface area contributed by atoms with Crippen LogP contribution in [0, 0.1) is 0 Å². The summed E-state index contributed by atoms with van der Waals surface area (Å²) in [6.45, 7) is 4.26. The number of hydrogen-bond acceptors (Lipinski definition) is 4. The van der Waals surface area contributed by atoms with Gasteiger partial charge in [0, 0.05) is 19.6 Å². The molecule has 0 amide bonds. The number of benzene rings is 1. The lowest BCUT2D eigenvalue weighted by atomic mass is 10.1. The molecule has 21 heavy (non-hydrogen) atoms. The minimum Gasteiger partial charge on any atom is -0.326 e. The second kappa shape index (κ2) is 8.17. The van der Waals surface area contributed by atoms with Crippen molar-refractivity contribution in [2.75, 3.05) is 19.1 Å². The molecule has 0 fully saturated rings. The maximum atomic E-state index is 12.9. The van der Waals surface area contributed by atoms with Crippen molar-refractivity contribution in [2.24, 2.45) is 5.73 Å². The third-order valence-electron chi connectivity index (χ3n) is 3.77. The Morgan fingerprint density at radius 2 is 2.05 bits per heavy atom. The minimum atomic E-state index is -3.48. The Morgan fingerprint density at radius 3 is 2.57 bits per heavy atom. The standard InChI is InChI=1S/C15H26N2O2S2/c1-5-14-7-6-13(11-16)10-15(14)21(18,19)17(3)12(2)8-9-20-4/h6-7,10,12H,5,8-9,11,16H2,1-4H3. The van der Waals surface area contributed by atoms with Crippen molar-refractivity contribution in [3.8, 4) is 0 Å². The summed E-state index contributed by atoms with van der Waals surface area (Å²) in [5.74, 6) is 0.949. The van der Waals surface area contributed by atoms with Gasteiger partial charge in [-0.2, -0.15) is 16.1 Å². The molecule has 0 spiro atoms. The van der Waals surface area contributed by atoms with Crippen LogP contribution in [-0.2, 0) is 23.0 Å². The van der Waals surface area contributed by atoms with Gasteiger partial charge < -0.3 is 5.73 Å². The van der Waals surface area contributed by atoms with Gasteiger partial charge >= 0.3 is 0 Å². The van der Waals surface area contributed by atoms with Gasteiger partial charge in [-0.05, 0) is 49.0 Å². The van der Waals surface area contributed by atoms with E-state index in [4.69, 9.17) is 5.73 Å². The van der Waals surface area contributed by atoms with Gasteiger partial charge in [-0.3, -0.25) is 0 Å². The zero-order valence-electron chi connectivity index (χ0n) is 13.3. The average molecular weight is 331 g/mol. The predicted molar refractivity (Wildman–Crippen MR) is 91.1 cm³/mol. The van der Waals surface area contributed by atoms with Crippen LogP contribution in [0.4, 0.5) is 0 Å². The second-order valence-corrected chi connectivity index (χ2v) is 8.10. The minimum absolute atomic E-state index is 0.0197. The van der Waals surface area contributed by atoms with Gasteiger partial charge in [-0.1, -0.05) is 19.1 Å². The van der Waals surface area contributed by atoms with Gasteiger partial charge in [0.1, 0.15) is 0 Å². The second-order valence-electron chi connectivity index (χ2n) is 5.15. The van der Waals surface area contributed by atoms with Crippen LogP contribution in [0.1, 0.15) is 31.4 Å². The van der Waals surface area contributed by atoms with E-state index in [1.54, 1.807) is 24.9 Å². The lowest BCUT2D eigenvalue weighted by Gasteiger charge is -2.25. The highest BCUT2D eigenvalue weighted by molar-refractivity contribution is 7.98. The van der Waals surface area contributed by atoms with E-state index in [1.807, 2.05) is 32.2 Å². The van der Waals surface area contributed by atoms with Crippen molar-refractivity contribution in [1.29, 1.82) is 0 Å². The molecular formula is C15H26N2O2S2.